The van der Waals surface area contributed by atoms with Gasteiger partial charge in [0.1, 0.15) is 6.33 Å². The van der Waals surface area contributed by atoms with Crippen LogP contribution < -0.4 is 10.6 Å². The van der Waals surface area contributed by atoms with Crippen LogP contribution in [0.25, 0.3) is 0 Å². The maximum Gasteiger partial charge on any atom is 0.353 e. The predicted molar refractivity (Wildman–Crippen MR) is 127 cm³/mol. The van der Waals surface area contributed by atoms with Crippen LogP contribution in [0.5, 0.6) is 0 Å². The van der Waals surface area contributed by atoms with E-state index in [1.54, 1.807) is 0 Å². The first-order chi connectivity index (χ1) is 15.7. The van der Waals surface area contributed by atoms with Crippen LogP contribution in [0.15, 0.2) is 78.6 Å². The van der Waals surface area contributed by atoms with Gasteiger partial charge in [-0.1, -0.05) is 72.3 Å². The molecule has 0 spiro atoms. The van der Waals surface area contributed by atoms with Gasteiger partial charge in [-0.2, -0.15) is 0 Å². The molecule has 0 radical (unpaired) electrons. The van der Waals surface area contributed by atoms with Crippen LogP contribution >= 0.6 is 0 Å². The van der Waals surface area contributed by atoms with Crippen LogP contribution in [-0.2, 0) is 0 Å². The Labute approximate surface area is 187 Å². The topological polar surface area (TPSA) is 93.0 Å². The van der Waals surface area contributed by atoms with E-state index in [-0.39, 0.29) is 23.4 Å². The first-order valence-corrected chi connectivity index (χ1v) is 11.0. The molecule has 3 aromatic rings. The van der Waals surface area contributed by atoms with Crippen molar-refractivity contribution in [3.05, 3.63) is 99.9 Å². The molecule has 7 nitrogen and oxygen atoms in total. The highest BCUT2D eigenvalue weighted by Crippen LogP contribution is 2.34. The average molecular weight is 430 g/mol. The Morgan fingerprint density at radius 2 is 1.59 bits per heavy atom. The van der Waals surface area contributed by atoms with E-state index in [1.165, 1.54) is 24.7 Å². The molecule has 0 atom stereocenters. The number of anilines is 2. The molecule has 7 heteroatoms. The van der Waals surface area contributed by atoms with Gasteiger partial charge < -0.3 is 10.6 Å². The lowest BCUT2D eigenvalue weighted by molar-refractivity contribution is -0.383. The van der Waals surface area contributed by atoms with E-state index >= 15 is 0 Å². The third kappa shape index (κ3) is 5.29. The normalized spacial score (nSPS) is 13.5. The van der Waals surface area contributed by atoms with Crippen molar-refractivity contribution in [1.82, 2.24) is 9.97 Å². The van der Waals surface area contributed by atoms with Gasteiger partial charge in [0.2, 0.25) is 11.6 Å². The monoisotopic (exact) mass is 429 g/mol. The summed E-state index contributed by atoms with van der Waals surface area (Å²) < 4.78 is 0. The fourth-order valence-electron chi connectivity index (χ4n) is 4.05. The van der Waals surface area contributed by atoms with Crippen molar-refractivity contribution in [3.8, 4) is 0 Å². The minimum Gasteiger partial charge on any atom is -0.364 e. The molecule has 4 rings (SSSR count). The molecule has 0 amide bonds. The van der Waals surface area contributed by atoms with E-state index < -0.39 is 4.92 Å². The zero-order valence-corrected chi connectivity index (χ0v) is 17.9. The fourth-order valence-corrected chi connectivity index (χ4v) is 4.05. The molecule has 0 unspecified atom stereocenters. The standard InChI is InChI=1S/C25H27N5O2/c31-30(32)23-24(26-17-16-19-10-4-1-5-11-19)27-18-28-25(23)29-22(20-12-6-2-7-13-20)21-14-8-3-9-15-21/h2-3,6-10,12-15,18,22H,1,4-5,11,16-17H2,(H2,26,27,28,29). The van der Waals surface area contributed by atoms with Crippen LogP contribution in [0.4, 0.5) is 17.3 Å². The summed E-state index contributed by atoms with van der Waals surface area (Å²) in [7, 11) is 0. The highest BCUT2D eigenvalue weighted by Gasteiger charge is 2.26. The summed E-state index contributed by atoms with van der Waals surface area (Å²) >= 11 is 0. The molecule has 164 valence electrons. The Morgan fingerprint density at radius 3 is 2.19 bits per heavy atom. The molecule has 0 bridgehead atoms. The van der Waals surface area contributed by atoms with Gasteiger partial charge in [-0.15, -0.1) is 0 Å². The van der Waals surface area contributed by atoms with E-state index in [9.17, 15) is 10.1 Å². The number of nitro groups is 1. The van der Waals surface area contributed by atoms with Gasteiger partial charge in [0.15, 0.2) is 0 Å². The Hall–Kier alpha value is -3.74. The summed E-state index contributed by atoms with van der Waals surface area (Å²) in [5.74, 6) is 0.436. The van der Waals surface area contributed by atoms with Gasteiger partial charge in [0.25, 0.3) is 0 Å². The number of nitrogens with one attached hydrogen (secondary N) is 2. The van der Waals surface area contributed by atoms with Crippen molar-refractivity contribution < 1.29 is 4.92 Å². The fraction of sp³-hybridized carbons (Fsp3) is 0.280. The maximum absolute atomic E-state index is 12.0. The summed E-state index contributed by atoms with van der Waals surface area (Å²) in [4.78, 5) is 20.0. The number of allylic oxidation sites excluding steroid dienone is 1. The Kier molecular flexibility index (Phi) is 7.07. The van der Waals surface area contributed by atoms with E-state index in [0.29, 0.717) is 6.54 Å². The number of rotatable bonds is 9. The van der Waals surface area contributed by atoms with E-state index in [2.05, 4.69) is 26.7 Å². The average Bonchev–Trinajstić information content (AvgIpc) is 2.84. The van der Waals surface area contributed by atoms with Crippen LogP contribution in [-0.4, -0.2) is 21.4 Å². The lowest BCUT2D eigenvalue weighted by Gasteiger charge is -2.21. The zero-order chi connectivity index (χ0) is 22.2. The minimum absolute atomic E-state index is 0.137. The van der Waals surface area contributed by atoms with Crippen LogP contribution in [0.1, 0.15) is 49.3 Å². The lowest BCUT2D eigenvalue weighted by atomic mass is 9.97. The number of hydrogen-bond acceptors (Lipinski definition) is 6. The molecular weight excluding hydrogens is 402 g/mol. The molecule has 1 aliphatic carbocycles. The largest absolute Gasteiger partial charge is 0.364 e. The first kappa shape index (κ1) is 21.5. The highest BCUT2D eigenvalue weighted by molar-refractivity contribution is 5.70. The summed E-state index contributed by atoms with van der Waals surface area (Å²) in [5, 5.41) is 18.5. The van der Waals surface area contributed by atoms with Gasteiger partial charge in [0, 0.05) is 6.54 Å². The van der Waals surface area contributed by atoms with Gasteiger partial charge in [-0.25, -0.2) is 9.97 Å². The molecule has 32 heavy (non-hydrogen) atoms. The molecule has 0 fully saturated rings. The second-order valence-electron chi connectivity index (χ2n) is 7.86. The van der Waals surface area contributed by atoms with Crippen LogP contribution in [0.3, 0.4) is 0 Å². The molecule has 0 saturated carbocycles. The number of hydrogen-bond donors (Lipinski definition) is 2. The highest BCUT2D eigenvalue weighted by atomic mass is 16.6. The Bertz CT molecular complexity index is 1030. The lowest BCUT2D eigenvalue weighted by Crippen LogP contribution is -2.16. The molecule has 0 saturated heterocycles. The van der Waals surface area contributed by atoms with Gasteiger partial charge in [-0.3, -0.25) is 10.1 Å². The van der Waals surface area contributed by atoms with Crippen molar-refractivity contribution in [2.45, 2.75) is 38.1 Å². The summed E-state index contributed by atoms with van der Waals surface area (Å²) in [6.07, 6.45) is 9.21. The maximum atomic E-state index is 12.0. The third-order valence-corrected chi connectivity index (χ3v) is 5.68. The van der Waals surface area contributed by atoms with Crippen molar-refractivity contribution in [2.24, 2.45) is 0 Å². The number of aromatic nitrogens is 2. The number of benzene rings is 2. The molecule has 0 aliphatic heterocycles. The molecular formula is C25H27N5O2. The smallest absolute Gasteiger partial charge is 0.353 e. The quantitative estimate of drug-likeness (QED) is 0.250. The minimum atomic E-state index is -0.419. The third-order valence-electron chi connectivity index (χ3n) is 5.68. The van der Waals surface area contributed by atoms with Crippen molar-refractivity contribution >= 4 is 17.3 Å². The van der Waals surface area contributed by atoms with Crippen molar-refractivity contribution in [1.29, 1.82) is 0 Å². The number of nitrogens with zero attached hydrogens (tertiary/aromatic N) is 3. The molecule has 2 N–H and O–H groups in total. The van der Waals surface area contributed by atoms with Gasteiger partial charge in [-0.05, 0) is 43.2 Å². The second-order valence-corrected chi connectivity index (χ2v) is 7.86. The van der Waals surface area contributed by atoms with Crippen LogP contribution in [0, 0.1) is 10.1 Å². The SMILES string of the molecule is O=[N+]([O-])c1c(NCCC2=CCCCC2)ncnc1NC(c1ccccc1)c1ccccc1. The van der Waals surface area contributed by atoms with Crippen molar-refractivity contribution in [2.75, 3.05) is 17.2 Å². The van der Waals surface area contributed by atoms with Crippen LogP contribution in [0.2, 0.25) is 0 Å². The zero-order valence-electron chi connectivity index (χ0n) is 17.9. The van der Waals surface area contributed by atoms with E-state index in [0.717, 1.165) is 30.4 Å². The molecule has 1 aliphatic rings. The van der Waals surface area contributed by atoms with E-state index in [4.69, 9.17) is 0 Å². The van der Waals surface area contributed by atoms with Gasteiger partial charge in [0.05, 0.1) is 11.0 Å². The summed E-state index contributed by atoms with van der Waals surface area (Å²) in [5.41, 5.74) is 3.25. The predicted octanol–water partition coefficient (Wildman–Crippen LogP) is 5.89. The first-order valence-electron chi connectivity index (χ1n) is 11.0. The summed E-state index contributed by atoms with van der Waals surface area (Å²) in [6.45, 7) is 0.601. The Balaban J connectivity index is 1.59. The second kappa shape index (κ2) is 10.5. The van der Waals surface area contributed by atoms with Gasteiger partial charge >= 0.3 is 5.69 Å². The molecule has 1 aromatic heterocycles. The molecule has 2 aromatic carbocycles. The summed E-state index contributed by atoms with van der Waals surface area (Å²) in [6, 6.07) is 19.4. The van der Waals surface area contributed by atoms with E-state index in [1.807, 2.05) is 60.7 Å². The van der Waals surface area contributed by atoms with Crippen molar-refractivity contribution in [3.63, 3.8) is 0 Å². The molecule has 1 heterocycles. The Morgan fingerprint density at radius 1 is 0.938 bits per heavy atom.